The molecule has 2 aromatic rings. The summed E-state index contributed by atoms with van der Waals surface area (Å²) in [7, 11) is 0. The summed E-state index contributed by atoms with van der Waals surface area (Å²) in [6, 6.07) is 17.5. The standard InChI is InChI=1S/C18H14Cl2N2O/c19-18(20)16(23)22(10-13-6-2-1-3-7-13)12-17(18)11-21-15-9-5-4-8-14(15)17/h1-9,11H,10,12H2. The lowest BCUT2D eigenvalue weighted by atomic mass is 9.81. The first kappa shape index (κ1) is 14.7. The minimum atomic E-state index is -1.54. The molecule has 116 valence electrons. The monoisotopic (exact) mass is 344 g/mol. The number of hydrogen-bond donors (Lipinski definition) is 0. The third-order valence-electron chi connectivity index (χ3n) is 4.58. The van der Waals surface area contributed by atoms with Crippen molar-refractivity contribution < 1.29 is 4.79 Å². The topological polar surface area (TPSA) is 32.7 Å². The number of para-hydroxylation sites is 1. The van der Waals surface area contributed by atoms with Crippen LogP contribution in [0.5, 0.6) is 0 Å². The normalized spacial score (nSPS) is 24.4. The van der Waals surface area contributed by atoms with Gasteiger partial charge in [0.05, 0.1) is 11.1 Å². The highest BCUT2D eigenvalue weighted by molar-refractivity contribution is 6.61. The Labute approximate surface area is 144 Å². The van der Waals surface area contributed by atoms with E-state index >= 15 is 0 Å². The molecule has 2 heterocycles. The van der Waals surface area contributed by atoms with Gasteiger partial charge in [-0.05, 0) is 17.2 Å². The van der Waals surface area contributed by atoms with Gasteiger partial charge in [-0.15, -0.1) is 0 Å². The summed E-state index contributed by atoms with van der Waals surface area (Å²) < 4.78 is -1.54. The summed E-state index contributed by atoms with van der Waals surface area (Å²) in [4.78, 5) is 18.9. The van der Waals surface area contributed by atoms with Crippen molar-refractivity contribution in [2.24, 2.45) is 4.99 Å². The lowest BCUT2D eigenvalue weighted by Crippen LogP contribution is -2.44. The van der Waals surface area contributed by atoms with Gasteiger partial charge >= 0.3 is 0 Å². The fourth-order valence-corrected chi connectivity index (χ4v) is 4.04. The Morgan fingerprint density at radius 2 is 1.74 bits per heavy atom. The Kier molecular flexibility index (Phi) is 3.26. The lowest BCUT2D eigenvalue weighted by Gasteiger charge is -2.28. The molecule has 1 amide bonds. The number of alkyl halides is 2. The van der Waals surface area contributed by atoms with E-state index in [0.29, 0.717) is 13.1 Å². The molecule has 1 fully saturated rings. The number of benzene rings is 2. The Balaban J connectivity index is 1.74. The summed E-state index contributed by atoms with van der Waals surface area (Å²) >= 11 is 13.1. The third kappa shape index (κ3) is 2.03. The molecule has 1 spiro atoms. The molecule has 0 aliphatic carbocycles. The molecule has 23 heavy (non-hydrogen) atoms. The minimum absolute atomic E-state index is 0.271. The quantitative estimate of drug-likeness (QED) is 0.761. The molecule has 1 unspecified atom stereocenters. The predicted octanol–water partition coefficient (Wildman–Crippen LogP) is 3.86. The summed E-state index contributed by atoms with van der Waals surface area (Å²) in [5.74, 6) is -0.271. The zero-order valence-corrected chi connectivity index (χ0v) is 13.8. The van der Waals surface area contributed by atoms with Gasteiger partial charge in [0.25, 0.3) is 5.91 Å². The van der Waals surface area contributed by atoms with E-state index < -0.39 is 9.75 Å². The molecule has 0 bridgehead atoms. The molecule has 0 saturated carbocycles. The van der Waals surface area contributed by atoms with Crippen molar-refractivity contribution in [1.82, 2.24) is 4.90 Å². The molecule has 2 aliphatic rings. The van der Waals surface area contributed by atoms with Gasteiger partial charge in [0.2, 0.25) is 4.33 Å². The zero-order valence-electron chi connectivity index (χ0n) is 12.2. The maximum atomic E-state index is 12.8. The van der Waals surface area contributed by atoms with Crippen LogP contribution >= 0.6 is 23.2 Å². The van der Waals surface area contributed by atoms with E-state index in [0.717, 1.165) is 16.8 Å². The maximum Gasteiger partial charge on any atom is 0.260 e. The predicted molar refractivity (Wildman–Crippen MR) is 92.6 cm³/mol. The van der Waals surface area contributed by atoms with Crippen LogP contribution in [0.2, 0.25) is 0 Å². The number of carbonyl (C=O) groups excluding carboxylic acids is 1. The van der Waals surface area contributed by atoms with Crippen molar-refractivity contribution in [1.29, 1.82) is 0 Å². The Bertz CT molecular complexity index is 804. The largest absolute Gasteiger partial charge is 0.334 e. The van der Waals surface area contributed by atoms with Gasteiger partial charge in [0.1, 0.15) is 0 Å². The number of carbonyl (C=O) groups is 1. The molecule has 0 radical (unpaired) electrons. The van der Waals surface area contributed by atoms with Crippen molar-refractivity contribution in [3.05, 3.63) is 65.7 Å². The third-order valence-corrected chi connectivity index (χ3v) is 5.58. The first-order valence-electron chi connectivity index (χ1n) is 7.40. The molecule has 1 atom stereocenters. The number of halogens is 2. The van der Waals surface area contributed by atoms with Gasteiger partial charge in [-0.3, -0.25) is 9.79 Å². The molecule has 1 saturated heterocycles. The highest BCUT2D eigenvalue weighted by Crippen LogP contribution is 2.54. The van der Waals surface area contributed by atoms with Gasteiger partial charge in [0.15, 0.2) is 0 Å². The van der Waals surface area contributed by atoms with E-state index in [1.54, 1.807) is 11.1 Å². The minimum Gasteiger partial charge on any atom is -0.334 e. The van der Waals surface area contributed by atoms with Crippen LogP contribution in [0.4, 0.5) is 5.69 Å². The van der Waals surface area contributed by atoms with Crippen molar-refractivity contribution in [3.63, 3.8) is 0 Å². The summed E-state index contributed by atoms with van der Waals surface area (Å²) in [5.41, 5.74) is 1.99. The number of aliphatic imine (C=N–C) groups is 1. The van der Waals surface area contributed by atoms with Gasteiger partial charge in [0, 0.05) is 19.3 Å². The molecule has 2 aromatic carbocycles. The zero-order chi connectivity index (χ0) is 16.1. The van der Waals surface area contributed by atoms with Crippen LogP contribution in [-0.4, -0.2) is 27.9 Å². The average Bonchev–Trinajstić information content (AvgIpc) is 3.02. The number of hydrogen-bond acceptors (Lipinski definition) is 2. The number of amides is 1. The molecule has 4 rings (SSSR count). The highest BCUT2D eigenvalue weighted by Gasteiger charge is 2.64. The van der Waals surface area contributed by atoms with Crippen molar-refractivity contribution in [3.8, 4) is 0 Å². The molecule has 5 heteroatoms. The summed E-state index contributed by atoms with van der Waals surface area (Å²) in [6.45, 7) is 0.910. The van der Waals surface area contributed by atoms with Crippen LogP contribution in [0.1, 0.15) is 11.1 Å². The molecular formula is C18H14Cl2N2O. The maximum absolute atomic E-state index is 12.8. The number of rotatable bonds is 2. The second-order valence-corrected chi connectivity index (χ2v) is 7.30. The average molecular weight is 345 g/mol. The van der Waals surface area contributed by atoms with Crippen LogP contribution in [0.15, 0.2) is 59.6 Å². The van der Waals surface area contributed by atoms with Crippen molar-refractivity contribution in [2.45, 2.75) is 16.3 Å². The summed E-state index contributed by atoms with van der Waals surface area (Å²) in [5, 5.41) is 0. The van der Waals surface area contributed by atoms with Gasteiger partial charge in [-0.1, -0.05) is 71.7 Å². The van der Waals surface area contributed by atoms with Gasteiger partial charge in [-0.2, -0.15) is 0 Å². The highest BCUT2D eigenvalue weighted by atomic mass is 35.5. The van der Waals surface area contributed by atoms with Crippen LogP contribution < -0.4 is 0 Å². The smallest absolute Gasteiger partial charge is 0.260 e. The fraction of sp³-hybridized carbons (Fsp3) is 0.222. The SMILES string of the molecule is O=C1N(Cc2ccccc2)CC2(C=Nc3ccccc32)C1(Cl)Cl. The van der Waals surface area contributed by atoms with Crippen LogP contribution in [0.3, 0.4) is 0 Å². The second kappa shape index (κ2) is 5.08. The lowest BCUT2D eigenvalue weighted by molar-refractivity contribution is -0.128. The van der Waals surface area contributed by atoms with E-state index in [1.807, 2.05) is 54.6 Å². The Hall–Kier alpha value is -1.84. The molecule has 0 N–H and O–H groups in total. The number of likely N-dealkylation sites (tertiary alicyclic amines) is 1. The molecule has 3 nitrogen and oxygen atoms in total. The van der Waals surface area contributed by atoms with Crippen LogP contribution in [0, 0.1) is 0 Å². The summed E-state index contributed by atoms with van der Waals surface area (Å²) in [6.07, 6.45) is 1.74. The van der Waals surface area contributed by atoms with Gasteiger partial charge in [-0.25, -0.2) is 0 Å². The van der Waals surface area contributed by atoms with Crippen molar-refractivity contribution in [2.75, 3.05) is 6.54 Å². The van der Waals surface area contributed by atoms with E-state index in [2.05, 4.69) is 4.99 Å². The molecule has 0 aromatic heterocycles. The second-order valence-electron chi connectivity index (χ2n) is 5.97. The molecular weight excluding hydrogens is 331 g/mol. The van der Waals surface area contributed by atoms with E-state index in [1.165, 1.54) is 0 Å². The number of nitrogens with zero attached hydrogens (tertiary/aromatic N) is 2. The van der Waals surface area contributed by atoms with E-state index in [4.69, 9.17) is 23.2 Å². The van der Waals surface area contributed by atoms with Crippen LogP contribution in [-0.2, 0) is 16.8 Å². The van der Waals surface area contributed by atoms with Crippen LogP contribution in [0.25, 0.3) is 0 Å². The molecule has 2 aliphatic heterocycles. The first-order chi connectivity index (χ1) is 11.0. The number of fused-ring (bicyclic) bond motifs is 2. The Morgan fingerprint density at radius 1 is 1.04 bits per heavy atom. The van der Waals surface area contributed by atoms with E-state index in [9.17, 15) is 4.79 Å². The van der Waals surface area contributed by atoms with Crippen molar-refractivity contribution >= 4 is 41.0 Å². The fourth-order valence-electron chi connectivity index (χ4n) is 3.38. The first-order valence-corrected chi connectivity index (χ1v) is 8.16. The van der Waals surface area contributed by atoms with Gasteiger partial charge < -0.3 is 4.90 Å². The Morgan fingerprint density at radius 3 is 2.52 bits per heavy atom. The van der Waals surface area contributed by atoms with E-state index in [-0.39, 0.29) is 5.91 Å².